The lowest BCUT2D eigenvalue weighted by atomic mass is 9.80. The minimum Gasteiger partial charge on any atom is -0.349 e. The fourth-order valence-corrected chi connectivity index (χ4v) is 4.22. The zero-order valence-corrected chi connectivity index (χ0v) is 15.9. The highest BCUT2D eigenvalue weighted by Gasteiger charge is 2.51. The molecule has 3 amide bonds. The minimum absolute atomic E-state index is 0.00293. The smallest absolute Gasteiger partial charge is 0.227 e. The monoisotopic (exact) mass is 377 g/mol. The van der Waals surface area contributed by atoms with Crippen LogP contribution in [0.2, 0.25) is 5.02 Å². The van der Waals surface area contributed by atoms with Crippen molar-refractivity contribution in [3.8, 4) is 0 Å². The van der Waals surface area contributed by atoms with E-state index in [1.54, 1.807) is 24.0 Å². The van der Waals surface area contributed by atoms with Crippen molar-refractivity contribution in [2.75, 3.05) is 26.2 Å². The molecular formula is C19H24ClN3O3. The van der Waals surface area contributed by atoms with Gasteiger partial charge >= 0.3 is 0 Å². The second-order valence-electron chi connectivity index (χ2n) is 7.33. The molecule has 2 aliphatic heterocycles. The number of likely N-dealkylation sites (tertiary alicyclic amines) is 2. The fraction of sp³-hybridized carbons (Fsp3) is 0.526. The first kappa shape index (κ1) is 18.7. The Kier molecular flexibility index (Phi) is 5.23. The second kappa shape index (κ2) is 7.27. The molecule has 0 unspecified atom stereocenters. The standard InChI is InChI=1S/C19H24ClN3O3/c1-13(24)21-19-7-8-22(10-16(19)11-23(12-19)14(2)25)18(26)9-15-3-5-17(20)6-4-15/h3-6,16H,7-12H2,1-2H3,(H,21,24)/t16-,19-/m1/s1. The van der Waals surface area contributed by atoms with E-state index in [1.165, 1.54) is 6.92 Å². The molecular weight excluding hydrogens is 354 g/mol. The van der Waals surface area contributed by atoms with Gasteiger partial charge in [-0.25, -0.2) is 0 Å². The van der Waals surface area contributed by atoms with E-state index in [9.17, 15) is 14.4 Å². The number of halogens is 1. The average Bonchev–Trinajstić information content (AvgIpc) is 2.94. The van der Waals surface area contributed by atoms with Gasteiger partial charge in [-0.2, -0.15) is 0 Å². The maximum Gasteiger partial charge on any atom is 0.227 e. The van der Waals surface area contributed by atoms with Gasteiger partial charge in [-0.1, -0.05) is 23.7 Å². The van der Waals surface area contributed by atoms with E-state index in [-0.39, 0.29) is 23.6 Å². The quantitative estimate of drug-likeness (QED) is 0.867. The summed E-state index contributed by atoms with van der Waals surface area (Å²) in [6.45, 7) is 5.26. The van der Waals surface area contributed by atoms with E-state index in [0.717, 1.165) is 5.56 Å². The van der Waals surface area contributed by atoms with Crippen molar-refractivity contribution in [2.24, 2.45) is 5.92 Å². The number of piperidine rings is 1. The number of carbonyl (C=O) groups excluding carboxylic acids is 3. The van der Waals surface area contributed by atoms with Gasteiger partial charge in [-0.3, -0.25) is 14.4 Å². The highest BCUT2D eigenvalue weighted by Crippen LogP contribution is 2.35. The number of hydrogen-bond donors (Lipinski definition) is 1. The molecule has 0 radical (unpaired) electrons. The summed E-state index contributed by atoms with van der Waals surface area (Å²) in [7, 11) is 0. The SMILES string of the molecule is CC(=O)N[C@@]12CCN(C(=O)Cc3ccc(Cl)cc3)C[C@@H]1CN(C(C)=O)C2. The van der Waals surface area contributed by atoms with Crippen LogP contribution in [0, 0.1) is 5.92 Å². The van der Waals surface area contributed by atoms with Crippen LogP contribution in [0.15, 0.2) is 24.3 Å². The maximum absolute atomic E-state index is 12.7. The molecule has 2 fully saturated rings. The van der Waals surface area contributed by atoms with E-state index >= 15 is 0 Å². The van der Waals surface area contributed by atoms with Crippen LogP contribution in [0.3, 0.4) is 0 Å². The first-order valence-electron chi connectivity index (χ1n) is 8.85. The molecule has 26 heavy (non-hydrogen) atoms. The third kappa shape index (κ3) is 3.85. The summed E-state index contributed by atoms with van der Waals surface area (Å²) >= 11 is 5.89. The number of hydrogen-bond acceptors (Lipinski definition) is 3. The van der Waals surface area contributed by atoms with Crippen LogP contribution in [0.4, 0.5) is 0 Å². The van der Waals surface area contributed by atoms with Gasteiger partial charge < -0.3 is 15.1 Å². The molecule has 2 aliphatic rings. The van der Waals surface area contributed by atoms with Crippen LogP contribution >= 0.6 is 11.6 Å². The lowest BCUT2D eigenvalue weighted by molar-refractivity contribution is -0.133. The lowest BCUT2D eigenvalue weighted by Crippen LogP contribution is -2.61. The molecule has 3 rings (SSSR count). The Morgan fingerprint density at radius 2 is 1.81 bits per heavy atom. The molecule has 0 bridgehead atoms. The van der Waals surface area contributed by atoms with E-state index in [0.29, 0.717) is 44.0 Å². The van der Waals surface area contributed by atoms with Crippen LogP contribution in [0.1, 0.15) is 25.8 Å². The molecule has 0 aromatic heterocycles. The zero-order valence-electron chi connectivity index (χ0n) is 15.1. The normalized spacial score (nSPS) is 25.0. The summed E-state index contributed by atoms with van der Waals surface area (Å²) in [6.07, 6.45) is 0.987. The molecule has 1 N–H and O–H groups in total. The maximum atomic E-state index is 12.7. The molecule has 0 spiro atoms. The Balaban J connectivity index is 1.70. The summed E-state index contributed by atoms with van der Waals surface area (Å²) < 4.78 is 0. The third-order valence-corrected chi connectivity index (χ3v) is 5.71. The molecule has 140 valence electrons. The molecule has 1 aromatic rings. The second-order valence-corrected chi connectivity index (χ2v) is 7.76. The van der Waals surface area contributed by atoms with E-state index in [1.807, 2.05) is 17.0 Å². The molecule has 6 nitrogen and oxygen atoms in total. The van der Waals surface area contributed by atoms with Crippen LogP contribution in [0.5, 0.6) is 0 Å². The molecule has 1 aromatic carbocycles. The van der Waals surface area contributed by atoms with Gasteiger partial charge in [0.25, 0.3) is 0 Å². The Hall–Kier alpha value is -2.08. The highest BCUT2D eigenvalue weighted by atomic mass is 35.5. The largest absolute Gasteiger partial charge is 0.349 e. The minimum atomic E-state index is -0.422. The van der Waals surface area contributed by atoms with Gasteiger partial charge in [0.1, 0.15) is 0 Å². The number of nitrogens with zero attached hydrogens (tertiary/aromatic N) is 2. The van der Waals surface area contributed by atoms with Gasteiger partial charge in [-0.05, 0) is 24.1 Å². The van der Waals surface area contributed by atoms with E-state index < -0.39 is 5.54 Å². The number of rotatable bonds is 3. The van der Waals surface area contributed by atoms with Crippen molar-refractivity contribution in [2.45, 2.75) is 32.2 Å². The number of carbonyl (C=O) groups is 3. The van der Waals surface area contributed by atoms with Gasteiger partial charge in [0, 0.05) is 51.0 Å². The number of fused-ring (bicyclic) bond motifs is 1. The van der Waals surface area contributed by atoms with Gasteiger partial charge in [0.15, 0.2) is 0 Å². The van der Waals surface area contributed by atoms with Crippen LogP contribution in [-0.4, -0.2) is 59.2 Å². The Morgan fingerprint density at radius 3 is 2.42 bits per heavy atom. The molecule has 2 saturated heterocycles. The Morgan fingerprint density at radius 1 is 1.15 bits per heavy atom. The number of nitrogens with one attached hydrogen (secondary N) is 1. The zero-order chi connectivity index (χ0) is 18.9. The molecule has 0 aliphatic carbocycles. The first-order chi connectivity index (χ1) is 12.3. The van der Waals surface area contributed by atoms with Gasteiger partial charge in [-0.15, -0.1) is 0 Å². The highest BCUT2D eigenvalue weighted by molar-refractivity contribution is 6.30. The molecule has 2 atom stereocenters. The van der Waals surface area contributed by atoms with Crippen molar-refractivity contribution in [3.05, 3.63) is 34.9 Å². The number of benzene rings is 1. The van der Waals surface area contributed by atoms with Crippen molar-refractivity contribution in [1.29, 1.82) is 0 Å². The molecule has 0 saturated carbocycles. The van der Waals surface area contributed by atoms with Gasteiger partial charge in [0.05, 0.1) is 12.0 Å². The van der Waals surface area contributed by atoms with Crippen LogP contribution in [0.25, 0.3) is 0 Å². The van der Waals surface area contributed by atoms with Crippen molar-refractivity contribution in [3.63, 3.8) is 0 Å². The number of amides is 3. The van der Waals surface area contributed by atoms with Crippen LogP contribution in [-0.2, 0) is 20.8 Å². The summed E-state index contributed by atoms with van der Waals surface area (Å²) in [4.78, 5) is 39.9. The summed E-state index contributed by atoms with van der Waals surface area (Å²) in [5.41, 5.74) is 0.504. The van der Waals surface area contributed by atoms with E-state index in [4.69, 9.17) is 11.6 Å². The predicted molar refractivity (Wildman–Crippen MR) is 98.6 cm³/mol. The Labute approximate surface area is 158 Å². The fourth-order valence-electron chi connectivity index (χ4n) is 4.09. The summed E-state index contributed by atoms with van der Waals surface area (Å²) in [5.74, 6) is 0.0211. The molecule has 7 heteroatoms. The van der Waals surface area contributed by atoms with Crippen LogP contribution < -0.4 is 5.32 Å². The predicted octanol–water partition coefficient (Wildman–Crippen LogP) is 1.47. The summed E-state index contributed by atoms with van der Waals surface area (Å²) in [5, 5.41) is 3.72. The van der Waals surface area contributed by atoms with Crippen molar-refractivity contribution < 1.29 is 14.4 Å². The first-order valence-corrected chi connectivity index (χ1v) is 9.23. The van der Waals surface area contributed by atoms with Gasteiger partial charge in [0.2, 0.25) is 17.7 Å². The third-order valence-electron chi connectivity index (χ3n) is 5.46. The average molecular weight is 378 g/mol. The van der Waals surface area contributed by atoms with Crippen molar-refractivity contribution in [1.82, 2.24) is 15.1 Å². The Bertz CT molecular complexity index is 721. The topological polar surface area (TPSA) is 69.7 Å². The van der Waals surface area contributed by atoms with E-state index in [2.05, 4.69) is 5.32 Å². The van der Waals surface area contributed by atoms with Crippen molar-refractivity contribution >= 4 is 29.3 Å². The lowest BCUT2D eigenvalue weighted by Gasteiger charge is -2.43. The molecule has 2 heterocycles. The summed E-state index contributed by atoms with van der Waals surface area (Å²) in [6, 6.07) is 7.28.